The van der Waals surface area contributed by atoms with Crippen LogP contribution in [0.1, 0.15) is 46.5 Å². The molecule has 168 valence electrons. The molecule has 0 amide bonds. The molecule has 0 atom stereocenters. The lowest BCUT2D eigenvalue weighted by atomic mass is 9.98. The van der Waals surface area contributed by atoms with E-state index in [1.165, 1.54) is 0 Å². The van der Waals surface area contributed by atoms with E-state index in [0.717, 1.165) is 16.5 Å². The maximum Gasteiger partial charge on any atom is 0.340 e. The Morgan fingerprint density at radius 3 is 2.24 bits per heavy atom. The van der Waals surface area contributed by atoms with Gasteiger partial charge >= 0.3 is 11.6 Å². The van der Waals surface area contributed by atoms with Crippen LogP contribution in [0.4, 0.5) is 0 Å². The van der Waals surface area contributed by atoms with E-state index in [0.29, 0.717) is 34.4 Å². The molecule has 0 aliphatic carbocycles. The third-order valence-electron chi connectivity index (χ3n) is 5.46. The van der Waals surface area contributed by atoms with E-state index in [-0.39, 0.29) is 12.7 Å². The van der Waals surface area contributed by atoms with Gasteiger partial charge in [0.2, 0.25) is 0 Å². The monoisotopic (exact) mass is 442 g/mol. The molecule has 0 aliphatic rings. The highest BCUT2D eigenvalue weighted by Gasteiger charge is 2.20. The predicted molar refractivity (Wildman–Crippen MR) is 128 cm³/mol. The summed E-state index contributed by atoms with van der Waals surface area (Å²) in [6.45, 7) is 5.66. The molecular formula is C28H26O5. The van der Waals surface area contributed by atoms with Gasteiger partial charge in [-0.3, -0.25) is 0 Å². The van der Waals surface area contributed by atoms with Crippen LogP contribution in [-0.4, -0.2) is 12.1 Å². The van der Waals surface area contributed by atoms with Crippen molar-refractivity contribution in [2.24, 2.45) is 0 Å². The van der Waals surface area contributed by atoms with Crippen LogP contribution in [0.25, 0.3) is 11.0 Å². The molecule has 4 aromatic rings. The number of fused-ring (bicyclic) bond motifs is 1. The van der Waals surface area contributed by atoms with Crippen LogP contribution in [0.5, 0.6) is 5.75 Å². The molecule has 0 saturated heterocycles. The molecule has 4 rings (SSSR count). The summed E-state index contributed by atoms with van der Waals surface area (Å²) in [6.07, 6.45) is 0.379. The number of esters is 1. The summed E-state index contributed by atoms with van der Waals surface area (Å²) >= 11 is 0. The van der Waals surface area contributed by atoms with Crippen molar-refractivity contribution in [3.8, 4) is 5.75 Å². The first-order valence-corrected chi connectivity index (χ1v) is 10.9. The standard InChI is InChI=1S/C28H26O5/c1-18(2)32-25-15-14-22-19(3)23(16-20-10-6-4-7-11-20)28(30)33-26(22)24(25)17-31-27(29)21-12-8-5-9-13-21/h4-15,18H,16-17H2,1-3H3. The van der Waals surface area contributed by atoms with Gasteiger partial charge in [0, 0.05) is 17.4 Å². The summed E-state index contributed by atoms with van der Waals surface area (Å²) in [6, 6.07) is 22.3. The lowest BCUT2D eigenvalue weighted by Gasteiger charge is -2.17. The maximum atomic E-state index is 13.0. The second kappa shape index (κ2) is 9.74. The van der Waals surface area contributed by atoms with Gasteiger partial charge in [0.05, 0.1) is 17.2 Å². The third kappa shape index (κ3) is 4.98. The molecule has 33 heavy (non-hydrogen) atoms. The largest absolute Gasteiger partial charge is 0.490 e. The minimum absolute atomic E-state index is 0.0759. The zero-order valence-electron chi connectivity index (χ0n) is 19.0. The summed E-state index contributed by atoms with van der Waals surface area (Å²) in [5, 5.41) is 0.794. The van der Waals surface area contributed by atoms with E-state index in [9.17, 15) is 9.59 Å². The van der Waals surface area contributed by atoms with Gasteiger partial charge in [-0.2, -0.15) is 0 Å². The smallest absolute Gasteiger partial charge is 0.340 e. The average Bonchev–Trinajstić information content (AvgIpc) is 2.81. The fourth-order valence-electron chi connectivity index (χ4n) is 3.79. The van der Waals surface area contributed by atoms with Crippen LogP contribution >= 0.6 is 0 Å². The van der Waals surface area contributed by atoms with E-state index in [4.69, 9.17) is 13.9 Å². The number of hydrogen-bond acceptors (Lipinski definition) is 5. The van der Waals surface area contributed by atoms with E-state index >= 15 is 0 Å². The van der Waals surface area contributed by atoms with Gasteiger partial charge in [0.25, 0.3) is 0 Å². The number of aryl methyl sites for hydroxylation is 1. The first kappa shape index (κ1) is 22.3. The molecule has 0 N–H and O–H groups in total. The molecule has 0 bridgehead atoms. The third-order valence-corrected chi connectivity index (χ3v) is 5.46. The Morgan fingerprint density at radius 1 is 0.909 bits per heavy atom. The molecule has 5 heteroatoms. The summed E-state index contributed by atoms with van der Waals surface area (Å²) in [5.74, 6) is 0.0691. The summed E-state index contributed by atoms with van der Waals surface area (Å²) in [7, 11) is 0. The highest BCUT2D eigenvalue weighted by Crippen LogP contribution is 2.32. The van der Waals surface area contributed by atoms with Gasteiger partial charge in [-0.15, -0.1) is 0 Å². The molecule has 0 spiro atoms. The van der Waals surface area contributed by atoms with Crippen LogP contribution < -0.4 is 10.4 Å². The number of carbonyl (C=O) groups is 1. The van der Waals surface area contributed by atoms with Crippen molar-refractivity contribution in [3.05, 3.63) is 111 Å². The predicted octanol–water partition coefficient (Wildman–Crippen LogP) is 5.84. The van der Waals surface area contributed by atoms with Crippen molar-refractivity contribution < 1.29 is 18.7 Å². The Morgan fingerprint density at radius 2 is 1.58 bits per heavy atom. The Balaban J connectivity index is 1.75. The van der Waals surface area contributed by atoms with E-state index in [2.05, 4.69) is 0 Å². The highest BCUT2D eigenvalue weighted by molar-refractivity contribution is 5.90. The highest BCUT2D eigenvalue weighted by atomic mass is 16.5. The molecule has 1 aromatic heterocycles. The second-order valence-electron chi connectivity index (χ2n) is 8.18. The molecule has 0 saturated carbocycles. The zero-order valence-corrected chi connectivity index (χ0v) is 19.0. The molecular weight excluding hydrogens is 416 g/mol. The zero-order chi connectivity index (χ0) is 23.4. The quantitative estimate of drug-likeness (QED) is 0.266. The minimum atomic E-state index is -0.456. The fourth-order valence-corrected chi connectivity index (χ4v) is 3.79. The van der Waals surface area contributed by atoms with E-state index in [1.807, 2.05) is 69.3 Å². The Bertz CT molecular complexity index is 1320. The van der Waals surface area contributed by atoms with Crippen molar-refractivity contribution in [3.63, 3.8) is 0 Å². The van der Waals surface area contributed by atoms with Gasteiger partial charge in [-0.05, 0) is 56.2 Å². The van der Waals surface area contributed by atoms with Crippen molar-refractivity contribution in [2.75, 3.05) is 0 Å². The van der Waals surface area contributed by atoms with Gasteiger partial charge in [-0.1, -0.05) is 48.5 Å². The minimum Gasteiger partial charge on any atom is -0.490 e. The van der Waals surface area contributed by atoms with E-state index in [1.54, 1.807) is 24.3 Å². The van der Waals surface area contributed by atoms with Gasteiger partial charge in [-0.25, -0.2) is 9.59 Å². The molecule has 0 aliphatic heterocycles. The van der Waals surface area contributed by atoms with Crippen molar-refractivity contribution in [1.82, 2.24) is 0 Å². The number of benzene rings is 3. The second-order valence-corrected chi connectivity index (χ2v) is 8.18. The molecule has 1 heterocycles. The Labute approximate surface area is 192 Å². The molecule has 0 unspecified atom stereocenters. The number of hydrogen-bond donors (Lipinski definition) is 0. The first-order chi connectivity index (χ1) is 15.9. The fraction of sp³-hybridized carbons (Fsp3) is 0.214. The topological polar surface area (TPSA) is 65.7 Å². The van der Waals surface area contributed by atoms with Crippen LogP contribution in [0, 0.1) is 6.92 Å². The first-order valence-electron chi connectivity index (χ1n) is 10.9. The lowest BCUT2D eigenvalue weighted by Crippen LogP contribution is -2.14. The molecule has 0 radical (unpaired) electrons. The van der Waals surface area contributed by atoms with Gasteiger partial charge in [0.1, 0.15) is 17.9 Å². The molecule has 5 nitrogen and oxygen atoms in total. The van der Waals surface area contributed by atoms with Crippen molar-refractivity contribution in [1.29, 1.82) is 0 Å². The van der Waals surface area contributed by atoms with Crippen LogP contribution in [0.3, 0.4) is 0 Å². The van der Waals surface area contributed by atoms with E-state index < -0.39 is 11.6 Å². The normalized spacial score (nSPS) is 11.0. The molecule has 3 aromatic carbocycles. The number of rotatable bonds is 7. The Kier molecular flexibility index (Phi) is 6.59. The van der Waals surface area contributed by atoms with Crippen LogP contribution in [0.2, 0.25) is 0 Å². The molecule has 0 fully saturated rings. The van der Waals surface area contributed by atoms with Crippen molar-refractivity contribution in [2.45, 2.75) is 39.9 Å². The van der Waals surface area contributed by atoms with Crippen LogP contribution in [-0.2, 0) is 17.8 Å². The summed E-state index contributed by atoms with van der Waals surface area (Å²) in [4.78, 5) is 25.5. The number of carbonyl (C=O) groups excluding carboxylic acids is 1. The lowest BCUT2D eigenvalue weighted by molar-refractivity contribution is 0.0469. The van der Waals surface area contributed by atoms with Gasteiger partial charge in [0.15, 0.2) is 0 Å². The van der Waals surface area contributed by atoms with Gasteiger partial charge < -0.3 is 13.9 Å². The van der Waals surface area contributed by atoms with Crippen molar-refractivity contribution >= 4 is 16.9 Å². The average molecular weight is 443 g/mol. The van der Waals surface area contributed by atoms with Crippen LogP contribution in [0.15, 0.2) is 82.0 Å². The Hall–Kier alpha value is -3.86. The number of ether oxygens (including phenoxy) is 2. The summed E-state index contributed by atoms with van der Waals surface area (Å²) < 4.78 is 17.3. The summed E-state index contributed by atoms with van der Waals surface area (Å²) in [5.41, 5.74) is 3.46. The SMILES string of the molecule is Cc1c(Cc2ccccc2)c(=O)oc2c(COC(=O)c3ccccc3)c(OC(C)C)ccc12. The maximum absolute atomic E-state index is 13.0.